The molecule has 1 amide bonds. The molecule has 0 aliphatic carbocycles. The molecule has 9 heteroatoms. The highest BCUT2D eigenvalue weighted by atomic mass is 32.2. The molecule has 2 heterocycles. The minimum atomic E-state index is -0.505. The van der Waals surface area contributed by atoms with Gasteiger partial charge in [-0.2, -0.15) is 0 Å². The first-order chi connectivity index (χ1) is 13.5. The first-order valence-corrected chi connectivity index (χ1v) is 9.49. The van der Waals surface area contributed by atoms with Crippen LogP contribution in [0.1, 0.15) is 17.4 Å². The number of halogens is 1. The molecule has 0 spiro atoms. The minimum absolute atomic E-state index is 0.211. The second-order valence-electron chi connectivity index (χ2n) is 6.28. The molecule has 0 bridgehead atoms. The van der Waals surface area contributed by atoms with Gasteiger partial charge in [-0.1, -0.05) is 23.9 Å². The minimum Gasteiger partial charge on any atom is -0.497 e. The number of carbonyl (C=O) groups excluding carboxylic acids is 1. The summed E-state index contributed by atoms with van der Waals surface area (Å²) in [6.07, 6.45) is 0. The van der Waals surface area contributed by atoms with E-state index < -0.39 is 5.25 Å². The van der Waals surface area contributed by atoms with Crippen molar-refractivity contribution >= 4 is 23.4 Å². The van der Waals surface area contributed by atoms with Gasteiger partial charge in [0.25, 0.3) is 0 Å². The van der Waals surface area contributed by atoms with Crippen LogP contribution < -0.4 is 15.5 Å². The number of benzene rings is 2. The zero-order chi connectivity index (χ0) is 19.7. The summed E-state index contributed by atoms with van der Waals surface area (Å²) < 4.78 is 20.1. The van der Waals surface area contributed by atoms with Crippen LogP contribution in [-0.2, 0) is 4.79 Å². The first kappa shape index (κ1) is 18.3. The molecule has 2 N–H and O–H groups in total. The van der Waals surface area contributed by atoms with Crippen molar-refractivity contribution < 1.29 is 13.9 Å². The van der Waals surface area contributed by atoms with Gasteiger partial charge in [0.1, 0.15) is 22.6 Å². The Morgan fingerprint density at radius 2 is 1.89 bits per heavy atom. The summed E-state index contributed by atoms with van der Waals surface area (Å²) in [6.45, 7) is 1.84. The summed E-state index contributed by atoms with van der Waals surface area (Å²) in [4.78, 5) is 13.0. The molecular weight excluding hydrogens is 381 g/mol. The summed E-state index contributed by atoms with van der Waals surface area (Å²) in [6, 6.07) is 12.9. The van der Waals surface area contributed by atoms with E-state index in [-0.39, 0.29) is 17.8 Å². The molecule has 0 saturated carbocycles. The Morgan fingerprint density at radius 3 is 2.57 bits per heavy atom. The van der Waals surface area contributed by atoms with Crippen molar-refractivity contribution in [3.05, 3.63) is 65.7 Å². The molecule has 3 aromatic rings. The number of ether oxygens (including phenoxy) is 1. The Bertz CT molecular complexity index is 991. The van der Waals surface area contributed by atoms with E-state index in [1.54, 1.807) is 11.8 Å². The second-order valence-corrected chi connectivity index (χ2v) is 7.39. The summed E-state index contributed by atoms with van der Waals surface area (Å²) in [5, 5.41) is 11.2. The highest BCUT2D eigenvalue weighted by molar-refractivity contribution is 8.00. The fourth-order valence-electron chi connectivity index (χ4n) is 2.97. The Morgan fingerprint density at radius 1 is 1.18 bits per heavy atom. The molecule has 1 aromatic heterocycles. The molecule has 0 saturated heterocycles. The molecule has 2 atom stereocenters. The van der Waals surface area contributed by atoms with E-state index >= 15 is 0 Å². The van der Waals surface area contributed by atoms with Crippen LogP contribution in [0.5, 0.6) is 5.75 Å². The van der Waals surface area contributed by atoms with Gasteiger partial charge in [-0.05, 0) is 48.9 Å². The lowest BCUT2D eigenvalue weighted by molar-refractivity contribution is -0.116. The van der Waals surface area contributed by atoms with Crippen LogP contribution >= 0.6 is 11.8 Å². The fraction of sp³-hybridized carbons (Fsp3) is 0.211. The van der Waals surface area contributed by atoms with Crippen LogP contribution in [0.2, 0.25) is 0 Å². The lowest BCUT2D eigenvalue weighted by Gasteiger charge is -2.32. The van der Waals surface area contributed by atoms with E-state index in [2.05, 4.69) is 20.9 Å². The molecule has 0 unspecified atom stereocenters. The summed E-state index contributed by atoms with van der Waals surface area (Å²) in [5.74, 6) is 0.877. The number of anilines is 1. The third-order valence-electron chi connectivity index (χ3n) is 4.44. The van der Waals surface area contributed by atoms with E-state index in [4.69, 9.17) is 4.74 Å². The van der Waals surface area contributed by atoms with Gasteiger partial charge in [0.15, 0.2) is 0 Å². The maximum Gasteiger partial charge on any atom is 0.240 e. The van der Waals surface area contributed by atoms with Crippen molar-refractivity contribution in [1.29, 1.82) is 0 Å². The Hall–Kier alpha value is -3.07. The third kappa shape index (κ3) is 3.53. The van der Waals surface area contributed by atoms with Crippen molar-refractivity contribution in [2.75, 3.05) is 17.9 Å². The van der Waals surface area contributed by atoms with Crippen molar-refractivity contribution in [1.82, 2.24) is 14.9 Å². The van der Waals surface area contributed by atoms with Gasteiger partial charge in [0, 0.05) is 5.69 Å². The number of hydrogen-bond donors (Lipinski definition) is 2. The molecular formula is C19H18FN5O2S. The van der Waals surface area contributed by atoms with E-state index in [1.807, 2.05) is 31.2 Å². The van der Waals surface area contributed by atoms with E-state index in [0.717, 1.165) is 11.3 Å². The fourth-order valence-corrected chi connectivity index (χ4v) is 4.09. The molecule has 4 rings (SSSR count). The molecule has 1 aliphatic rings. The zero-order valence-electron chi connectivity index (χ0n) is 15.2. The number of amides is 1. The molecule has 7 nitrogen and oxygen atoms in total. The average molecular weight is 399 g/mol. The van der Waals surface area contributed by atoms with Gasteiger partial charge < -0.3 is 15.5 Å². The Labute approximate surface area is 165 Å². The second kappa shape index (κ2) is 7.51. The van der Waals surface area contributed by atoms with E-state index in [0.29, 0.717) is 16.7 Å². The van der Waals surface area contributed by atoms with E-state index in [9.17, 15) is 9.18 Å². The number of methoxy groups -OCH3 is 1. The number of nitrogens with one attached hydrogen (secondary N) is 2. The standard InChI is InChI=1S/C19H18FN5O2S/c1-11-22-23-19-25(11)24-16(12-3-9-15(27-2)10-4-12)17(28-19)18(26)21-14-7-5-13(20)6-8-14/h3-10,16-17,24H,1-2H3,(H,21,26)/t16-,17+/m0/s1. The molecule has 1 aliphatic heterocycles. The maximum atomic E-state index is 13.1. The number of rotatable bonds is 4. The number of aryl methyl sites for hydroxylation is 1. The summed E-state index contributed by atoms with van der Waals surface area (Å²) >= 11 is 1.33. The van der Waals surface area contributed by atoms with Crippen LogP contribution in [0.15, 0.2) is 53.7 Å². The normalized spacial score (nSPS) is 18.1. The number of aromatic nitrogens is 3. The molecule has 2 aromatic carbocycles. The van der Waals surface area contributed by atoms with Gasteiger partial charge in [0.2, 0.25) is 11.1 Å². The molecule has 0 fully saturated rings. The molecule has 0 radical (unpaired) electrons. The van der Waals surface area contributed by atoms with Crippen molar-refractivity contribution in [3.8, 4) is 5.75 Å². The maximum absolute atomic E-state index is 13.1. The van der Waals surface area contributed by atoms with Crippen LogP contribution in [0.3, 0.4) is 0 Å². The van der Waals surface area contributed by atoms with Crippen molar-refractivity contribution in [2.45, 2.75) is 23.4 Å². The lowest BCUT2D eigenvalue weighted by atomic mass is 10.0. The topological polar surface area (TPSA) is 81.1 Å². The number of thioether (sulfide) groups is 1. The Balaban J connectivity index is 1.64. The van der Waals surface area contributed by atoms with E-state index in [1.165, 1.54) is 36.0 Å². The summed E-state index contributed by atoms with van der Waals surface area (Å²) in [7, 11) is 1.61. The number of fused-ring (bicyclic) bond motifs is 1. The van der Waals surface area contributed by atoms with Gasteiger partial charge in [-0.3, -0.25) is 4.79 Å². The predicted octanol–water partition coefficient (Wildman–Crippen LogP) is 3.13. The summed E-state index contributed by atoms with van der Waals surface area (Å²) in [5.41, 5.74) is 4.79. The predicted molar refractivity (Wildman–Crippen MR) is 105 cm³/mol. The highest BCUT2D eigenvalue weighted by Crippen LogP contribution is 2.37. The largest absolute Gasteiger partial charge is 0.497 e. The number of hydrogen-bond acceptors (Lipinski definition) is 6. The first-order valence-electron chi connectivity index (χ1n) is 8.61. The van der Waals surface area contributed by atoms with Crippen LogP contribution in [0, 0.1) is 12.7 Å². The number of nitrogens with zero attached hydrogens (tertiary/aromatic N) is 3. The van der Waals surface area contributed by atoms with Crippen molar-refractivity contribution in [2.24, 2.45) is 0 Å². The van der Waals surface area contributed by atoms with Gasteiger partial charge in [-0.25, -0.2) is 9.07 Å². The van der Waals surface area contributed by atoms with Gasteiger partial charge in [0.05, 0.1) is 13.2 Å². The highest BCUT2D eigenvalue weighted by Gasteiger charge is 2.37. The van der Waals surface area contributed by atoms with Crippen LogP contribution in [0.4, 0.5) is 10.1 Å². The third-order valence-corrected chi connectivity index (χ3v) is 5.66. The average Bonchev–Trinajstić information content (AvgIpc) is 3.09. The van der Waals surface area contributed by atoms with Gasteiger partial charge in [-0.15, -0.1) is 10.2 Å². The van der Waals surface area contributed by atoms with Crippen LogP contribution in [-0.4, -0.2) is 33.1 Å². The zero-order valence-corrected chi connectivity index (χ0v) is 16.0. The lowest BCUT2D eigenvalue weighted by Crippen LogP contribution is -2.41. The number of carbonyl (C=O) groups is 1. The quantitative estimate of drug-likeness (QED) is 0.702. The SMILES string of the molecule is COc1ccc([C@@H]2Nn3c(C)nnc3S[C@H]2C(=O)Nc2ccc(F)cc2)cc1. The van der Waals surface area contributed by atoms with Gasteiger partial charge >= 0.3 is 0 Å². The monoisotopic (exact) mass is 399 g/mol. The smallest absolute Gasteiger partial charge is 0.240 e. The molecule has 144 valence electrons. The van der Waals surface area contributed by atoms with Crippen molar-refractivity contribution in [3.63, 3.8) is 0 Å². The van der Waals surface area contributed by atoms with Crippen LogP contribution in [0.25, 0.3) is 0 Å². The molecule has 28 heavy (non-hydrogen) atoms. The Kier molecular flexibility index (Phi) is 4.91.